The highest BCUT2D eigenvalue weighted by molar-refractivity contribution is 7.89. The number of carboxylic acids is 1. The van der Waals surface area contributed by atoms with E-state index in [1.165, 1.54) is 48.5 Å². The summed E-state index contributed by atoms with van der Waals surface area (Å²) in [4.78, 5) is 24.8. The summed E-state index contributed by atoms with van der Waals surface area (Å²) in [5, 5.41) is 12.4. The minimum Gasteiger partial charge on any atom is -0.480 e. The first-order chi connectivity index (χ1) is 18.0. The third-order valence-corrected chi connectivity index (χ3v) is 8.53. The molecule has 4 rings (SSSR count). The number of sulfonamides is 1. The summed E-state index contributed by atoms with van der Waals surface area (Å²) in [6, 6.07) is 10.8. The highest BCUT2D eigenvalue weighted by atomic mass is 35.5. The second kappa shape index (κ2) is 11.4. The number of hydrogen-bond donors (Lipinski definition) is 2. The third kappa shape index (κ3) is 5.99. The lowest BCUT2D eigenvalue weighted by Crippen LogP contribution is -2.51. The molecule has 2 atom stereocenters. The molecule has 2 N–H and O–H groups in total. The van der Waals surface area contributed by atoms with Crippen LogP contribution in [-0.4, -0.2) is 48.3 Å². The molecule has 7 nitrogen and oxygen atoms in total. The second-order valence-corrected chi connectivity index (χ2v) is 11.5. The van der Waals surface area contributed by atoms with E-state index < -0.39 is 45.6 Å². The zero-order valence-electron chi connectivity index (χ0n) is 19.7. The van der Waals surface area contributed by atoms with Gasteiger partial charge < -0.3 is 10.4 Å². The number of halogens is 4. The molecule has 1 aliphatic rings. The molecule has 0 unspecified atom stereocenters. The average Bonchev–Trinajstić information content (AvgIpc) is 3.35. The lowest BCUT2D eigenvalue weighted by molar-refractivity contribution is -0.142. The van der Waals surface area contributed by atoms with Gasteiger partial charge in [0.25, 0.3) is 0 Å². The molecule has 200 valence electrons. The van der Waals surface area contributed by atoms with Gasteiger partial charge in [-0.05, 0) is 54.3 Å². The van der Waals surface area contributed by atoms with Gasteiger partial charge in [0.15, 0.2) is 0 Å². The fraction of sp³-hybridized carbons (Fsp3) is 0.231. The average molecular weight is 583 g/mol. The van der Waals surface area contributed by atoms with Crippen LogP contribution in [0, 0.1) is 11.6 Å². The smallest absolute Gasteiger partial charge is 0.326 e. The number of nitrogens with zero attached hydrogens (tertiary/aromatic N) is 1. The molecule has 3 aromatic rings. The molecule has 1 fully saturated rings. The van der Waals surface area contributed by atoms with Gasteiger partial charge >= 0.3 is 5.97 Å². The zero-order valence-corrected chi connectivity index (χ0v) is 22.0. The Labute approximate surface area is 228 Å². The summed E-state index contributed by atoms with van der Waals surface area (Å²) in [6.45, 7) is 0.0658. The number of amides is 1. The molecule has 1 heterocycles. The fourth-order valence-corrected chi connectivity index (χ4v) is 6.77. The molecule has 12 heteroatoms. The van der Waals surface area contributed by atoms with Crippen molar-refractivity contribution in [1.29, 1.82) is 0 Å². The SMILES string of the molecule is O=C(O)[C@H](Cc1ccc(-c2c(F)cccc2F)cc1)NC(=O)[C@@H]1CCCN1S(=O)(=O)c1cc(Cl)cc(Cl)c1. The van der Waals surface area contributed by atoms with Crippen LogP contribution in [-0.2, 0) is 26.0 Å². The summed E-state index contributed by atoms with van der Waals surface area (Å²) in [5.74, 6) is -3.54. The molecule has 3 aromatic carbocycles. The molecule has 1 amide bonds. The first-order valence-corrected chi connectivity index (χ1v) is 13.7. The van der Waals surface area contributed by atoms with Crippen LogP contribution in [0.25, 0.3) is 11.1 Å². The Morgan fingerprint density at radius 2 is 1.63 bits per heavy atom. The molecule has 1 saturated heterocycles. The number of carbonyl (C=O) groups is 2. The Morgan fingerprint density at radius 3 is 2.21 bits per heavy atom. The summed E-state index contributed by atoms with van der Waals surface area (Å²) >= 11 is 11.9. The van der Waals surface area contributed by atoms with Crippen LogP contribution in [0.15, 0.2) is 65.6 Å². The van der Waals surface area contributed by atoms with Crippen LogP contribution >= 0.6 is 23.2 Å². The normalized spacial score (nSPS) is 16.8. The minimum atomic E-state index is -4.14. The molecule has 0 aliphatic carbocycles. The molecule has 1 aliphatic heterocycles. The van der Waals surface area contributed by atoms with Crippen molar-refractivity contribution in [1.82, 2.24) is 9.62 Å². The Balaban J connectivity index is 1.50. The molecule has 38 heavy (non-hydrogen) atoms. The van der Waals surface area contributed by atoms with E-state index in [-0.39, 0.29) is 45.5 Å². The number of carbonyl (C=O) groups excluding carboxylic acids is 1. The lowest BCUT2D eigenvalue weighted by Gasteiger charge is -2.25. The van der Waals surface area contributed by atoms with Crippen LogP contribution in [0.5, 0.6) is 0 Å². The molecular formula is C26H22Cl2F2N2O5S. The maximum absolute atomic E-state index is 14.1. The van der Waals surface area contributed by atoms with Gasteiger partial charge in [0.1, 0.15) is 23.7 Å². The minimum absolute atomic E-state index is 0.0658. The summed E-state index contributed by atoms with van der Waals surface area (Å²) in [5.41, 5.74) is 0.557. The molecule has 0 spiro atoms. The molecule has 0 saturated carbocycles. The quantitative estimate of drug-likeness (QED) is 0.393. The van der Waals surface area contributed by atoms with Crippen molar-refractivity contribution in [2.45, 2.75) is 36.2 Å². The maximum atomic E-state index is 14.1. The second-order valence-electron chi connectivity index (χ2n) is 8.78. The number of aliphatic carboxylic acids is 1. The van der Waals surface area contributed by atoms with Crippen LogP contribution < -0.4 is 5.32 Å². The summed E-state index contributed by atoms with van der Waals surface area (Å²) in [7, 11) is -4.14. The van der Waals surface area contributed by atoms with Gasteiger partial charge in [-0.2, -0.15) is 4.31 Å². The van der Waals surface area contributed by atoms with Gasteiger partial charge in [-0.3, -0.25) is 4.79 Å². The number of benzene rings is 3. The Hall–Kier alpha value is -3.05. The van der Waals surface area contributed by atoms with Gasteiger partial charge in [0.05, 0.1) is 10.5 Å². The van der Waals surface area contributed by atoms with E-state index >= 15 is 0 Å². The summed E-state index contributed by atoms with van der Waals surface area (Å²) in [6.07, 6.45) is 0.469. The first-order valence-electron chi connectivity index (χ1n) is 11.5. The van der Waals surface area contributed by atoms with Gasteiger partial charge in [-0.25, -0.2) is 22.0 Å². The lowest BCUT2D eigenvalue weighted by atomic mass is 9.99. The van der Waals surface area contributed by atoms with E-state index in [9.17, 15) is 31.9 Å². The van der Waals surface area contributed by atoms with E-state index in [1.807, 2.05) is 0 Å². The largest absolute Gasteiger partial charge is 0.480 e. The van der Waals surface area contributed by atoms with Crippen molar-refractivity contribution >= 4 is 45.1 Å². The Morgan fingerprint density at radius 1 is 1.03 bits per heavy atom. The van der Waals surface area contributed by atoms with Crippen molar-refractivity contribution in [2.24, 2.45) is 0 Å². The van der Waals surface area contributed by atoms with Gasteiger partial charge in [-0.15, -0.1) is 0 Å². The van der Waals surface area contributed by atoms with E-state index in [0.717, 1.165) is 16.4 Å². The highest BCUT2D eigenvalue weighted by Gasteiger charge is 2.40. The van der Waals surface area contributed by atoms with Crippen LogP contribution in [0.2, 0.25) is 10.0 Å². The highest BCUT2D eigenvalue weighted by Crippen LogP contribution is 2.30. The van der Waals surface area contributed by atoms with E-state index in [2.05, 4.69) is 5.32 Å². The van der Waals surface area contributed by atoms with E-state index in [1.54, 1.807) is 0 Å². The van der Waals surface area contributed by atoms with Crippen molar-refractivity contribution in [3.05, 3.63) is 87.9 Å². The Kier molecular flexibility index (Phi) is 8.37. The number of carboxylic acid groups (broad SMARTS) is 1. The van der Waals surface area contributed by atoms with Crippen molar-refractivity contribution in [3.63, 3.8) is 0 Å². The van der Waals surface area contributed by atoms with Crippen LogP contribution in [0.1, 0.15) is 18.4 Å². The number of hydrogen-bond acceptors (Lipinski definition) is 4. The molecule has 0 bridgehead atoms. The third-order valence-electron chi connectivity index (χ3n) is 6.21. The molecular weight excluding hydrogens is 561 g/mol. The predicted molar refractivity (Wildman–Crippen MR) is 138 cm³/mol. The summed E-state index contributed by atoms with van der Waals surface area (Å²) < 4.78 is 55.6. The van der Waals surface area contributed by atoms with Crippen LogP contribution in [0.4, 0.5) is 8.78 Å². The standard InChI is InChI=1S/C26H22Cl2F2N2O5S/c27-17-12-18(28)14-19(13-17)38(36,37)32-10-2-5-23(32)25(33)31-22(26(34)35)11-15-6-8-16(9-7-15)24-20(29)3-1-4-21(24)30/h1,3-4,6-9,12-14,22-23H,2,5,10-11H2,(H,31,33)(H,34,35)/t22-,23-/m0/s1. The van der Waals surface area contributed by atoms with Crippen molar-refractivity contribution in [3.8, 4) is 11.1 Å². The molecule has 0 radical (unpaired) electrons. The van der Waals surface area contributed by atoms with Gasteiger partial charge in [-0.1, -0.05) is 53.5 Å². The van der Waals surface area contributed by atoms with E-state index in [0.29, 0.717) is 12.0 Å². The number of nitrogens with one attached hydrogen (secondary N) is 1. The van der Waals surface area contributed by atoms with Crippen molar-refractivity contribution in [2.75, 3.05) is 6.54 Å². The molecule has 0 aromatic heterocycles. The van der Waals surface area contributed by atoms with Gasteiger partial charge in [0.2, 0.25) is 15.9 Å². The van der Waals surface area contributed by atoms with Crippen molar-refractivity contribution < 1.29 is 31.9 Å². The predicted octanol–water partition coefficient (Wildman–Crippen LogP) is 4.90. The first kappa shape index (κ1) is 28.0. The van der Waals surface area contributed by atoms with Crippen LogP contribution in [0.3, 0.4) is 0 Å². The number of rotatable bonds is 8. The Bertz CT molecular complexity index is 1440. The maximum Gasteiger partial charge on any atom is 0.326 e. The van der Waals surface area contributed by atoms with Gasteiger partial charge in [0, 0.05) is 23.0 Å². The zero-order chi connectivity index (χ0) is 27.6. The van der Waals surface area contributed by atoms with E-state index in [4.69, 9.17) is 23.2 Å². The monoisotopic (exact) mass is 582 g/mol. The fourth-order valence-electron chi connectivity index (χ4n) is 4.39. The topological polar surface area (TPSA) is 104 Å².